The highest BCUT2D eigenvalue weighted by molar-refractivity contribution is 5.94. The van der Waals surface area contributed by atoms with Crippen LogP contribution in [0.1, 0.15) is 73.6 Å². The molecule has 0 bridgehead atoms. The van der Waals surface area contributed by atoms with E-state index in [-0.39, 0.29) is 5.91 Å². The number of nitrogens with zero attached hydrogens (tertiary/aromatic N) is 2. The van der Waals surface area contributed by atoms with Crippen molar-refractivity contribution in [1.82, 2.24) is 14.9 Å². The van der Waals surface area contributed by atoms with Crippen LogP contribution in [0.15, 0.2) is 48.5 Å². The van der Waals surface area contributed by atoms with Crippen LogP contribution in [-0.4, -0.2) is 22.0 Å². The fraction of sp³-hybridized carbons (Fsp3) is 0.462. The van der Waals surface area contributed by atoms with Crippen LogP contribution >= 0.6 is 0 Å². The van der Waals surface area contributed by atoms with Gasteiger partial charge in [0.15, 0.2) is 0 Å². The van der Waals surface area contributed by atoms with Gasteiger partial charge in [-0.15, -0.1) is 0 Å². The Morgan fingerprint density at radius 3 is 2.53 bits per heavy atom. The molecule has 0 unspecified atom stereocenters. The number of rotatable bonds is 12. The number of para-hydroxylation sites is 2. The molecule has 30 heavy (non-hydrogen) atoms. The molecule has 1 aromatic heterocycles. The predicted octanol–water partition coefficient (Wildman–Crippen LogP) is 6.07. The number of hydrogen-bond donors (Lipinski definition) is 1. The SMILES string of the molecule is CCCCCCCCCn1c(CCNC(=O)c2cccc(C)c2)nc2ccccc21. The monoisotopic (exact) mass is 405 g/mol. The van der Waals surface area contributed by atoms with Gasteiger partial charge < -0.3 is 9.88 Å². The molecule has 0 saturated carbocycles. The molecule has 1 amide bonds. The summed E-state index contributed by atoms with van der Waals surface area (Å²) in [4.78, 5) is 17.3. The smallest absolute Gasteiger partial charge is 0.251 e. The Morgan fingerprint density at radius 2 is 1.73 bits per heavy atom. The second kappa shape index (κ2) is 11.5. The lowest BCUT2D eigenvalue weighted by Crippen LogP contribution is -2.26. The molecule has 0 aliphatic carbocycles. The summed E-state index contributed by atoms with van der Waals surface area (Å²) in [5.74, 6) is 1.04. The van der Waals surface area contributed by atoms with Crippen molar-refractivity contribution in [1.29, 1.82) is 0 Å². The number of carbonyl (C=O) groups is 1. The molecule has 1 heterocycles. The minimum atomic E-state index is -0.0200. The van der Waals surface area contributed by atoms with E-state index >= 15 is 0 Å². The second-order valence-electron chi connectivity index (χ2n) is 8.17. The third-order valence-corrected chi connectivity index (χ3v) is 5.63. The van der Waals surface area contributed by atoms with Gasteiger partial charge in [0.05, 0.1) is 11.0 Å². The number of aryl methyl sites for hydroxylation is 2. The van der Waals surface area contributed by atoms with Crippen LogP contribution in [0.3, 0.4) is 0 Å². The van der Waals surface area contributed by atoms with E-state index in [0.29, 0.717) is 12.1 Å². The van der Waals surface area contributed by atoms with Crippen LogP contribution in [0.5, 0.6) is 0 Å². The van der Waals surface area contributed by atoms with Crippen LogP contribution in [0.25, 0.3) is 11.0 Å². The molecular formula is C26H35N3O. The summed E-state index contributed by atoms with van der Waals surface area (Å²) in [6, 6.07) is 16.0. The maximum atomic E-state index is 12.4. The van der Waals surface area contributed by atoms with Crippen LogP contribution in [0, 0.1) is 6.92 Å². The molecular weight excluding hydrogens is 370 g/mol. The van der Waals surface area contributed by atoms with Gasteiger partial charge in [0, 0.05) is 25.1 Å². The van der Waals surface area contributed by atoms with E-state index in [4.69, 9.17) is 4.98 Å². The highest BCUT2D eigenvalue weighted by Gasteiger charge is 2.11. The average Bonchev–Trinajstić information content (AvgIpc) is 3.10. The van der Waals surface area contributed by atoms with Crippen molar-refractivity contribution in [3.8, 4) is 0 Å². The lowest BCUT2D eigenvalue weighted by atomic mass is 10.1. The quantitative estimate of drug-likeness (QED) is 0.372. The standard InChI is InChI=1S/C26H35N3O/c1-3-4-5-6-7-8-11-19-29-24-16-10-9-15-23(24)28-25(29)17-18-27-26(30)22-14-12-13-21(2)20-22/h9-10,12-16,20H,3-8,11,17-19H2,1-2H3,(H,27,30). The Morgan fingerprint density at radius 1 is 0.967 bits per heavy atom. The zero-order valence-electron chi connectivity index (χ0n) is 18.5. The lowest BCUT2D eigenvalue weighted by Gasteiger charge is -2.10. The normalized spacial score (nSPS) is 11.1. The van der Waals surface area contributed by atoms with Crippen molar-refractivity contribution in [3.63, 3.8) is 0 Å². The molecule has 0 radical (unpaired) electrons. The lowest BCUT2D eigenvalue weighted by molar-refractivity contribution is 0.0954. The number of nitrogens with one attached hydrogen (secondary N) is 1. The molecule has 0 aliphatic rings. The zero-order valence-corrected chi connectivity index (χ0v) is 18.5. The van der Waals surface area contributed by atoms with E-state index in [0.717, 1.165) is 29.9 Å². The summed E-state index contributed by atoms with van der Waals surface area (Å²) in [6.07, 6.45) is 9.84. The summed E-state index contributed by atoms with van der Waals surface area (Å²) < 4.78 is 2.35. The number of imidazole rings is 1. The van der Waals surface area contributed by atoms with Gasteiger partial charge in [-0.1, -0.05) is 75.3 Å². The number of hydrogen-bond acceptors (Lipinski definition) is 2. The highest BCUT2D eigenvalue weighted by atomic mass is 16.1. The molecule has 0 fully saturated rings. The van der Waals surface area contributed by atoms with Gasteiger partial charge in [-0.3, -0.25) is 4.79 Å². The van der Waals surface area contributed by atoms with Crippen molar-refractivity contribution >= 4 is 16.9 Å². The number of unbranched alkanes of at least 4 members (excludes halogenated alkanes) is 6. The van der Waals surface area contributed by atoms with Gasteiger partial charge in [-0.2, -0.15) is 0 Å². The first-order chi connectivity index (χ1) is 14.7. The van der Waals surface area contributed by atoms with Gasteiger partial charge in [0.1, 0.15) is 5.82 Å². The number of benzene rings is 2. The van der Waals surface area contributed by atoms with E-state index in [1.165, 1.54) is 50.5 Å². The van der Waals surface area contributed by atoms with E-state index in [1.54, 1.807) is 0 Å². The number of carbonyl (C=O) groups excluding carboxylic acids is 1. The first kappa shape index (κ1) is 22.1. The van der Waals surface area contributed by atoms with Gasteiger partial charge in [0.2, 0.25) is 0 Å². The van der Waals surface area contributed by atoms with Crippen LogP contribution in [0.4, 0.5) is 0 Å². The highest BCUT2D eigenvalue weighted by Crippen LogP contribution is 2.18. The molecule has 3 aromatic rings. The fourth-order valence-corrected chi connectivity index (χ4v) is 3.97. The van der Waals surface area contributed by atoms with Gasteiger partial charge >= 0.3 is 0 Å². The summed E-state index contributed by atoms with van der Waals surface area (Å²) in [5, 5.41) is 3.05. The van der Waals surface area contributed by atoms with E-state index in [2.05, 4.69) is 35.0 Å². The third-order valence-electron chi connectivity index (χ3n) is 5.63. The molecule has 1 N–H and O–H groups in total. The van der Waals surface area contributed by atoms with Gasteiger partial charge in [0.25, 0.3) is 5.91 Å². The Balaban J connectivity index is 1.56. The average molecular weight is 406 g/mol. The molecule has 4 heteroatoms. The van der Waals surface area contributed by atoms with E-state index < -0.39 is 0 Å². The number of fused-ring (bicyclic) bond motifs is 1. The van der Waals surface area contributed by atoms with Crippen molar-refractivity contribution in [2.24, 2.45) is 0 Å². The van der Waals surface area contributed by atoms with Crippen molar-refractivity contribution in [2.75, 3.05) is 6.54 Å². The van der Waals surface area contributed by atoms with Gasteiger partial charge in [-0.25, -0.2) is 4.98 Å². The van der Waals surface area contributed by atoms with Crippen LogP contribution < -0.4 is 5.32 Å². The molecule has 3 rings (SSSR count). The molecule has 0 aliphatic heterocycles. The van der Waals surface area contributed by atoms with Crippen LogP contribution in [-0.2, 0) is 13.0 Å². The molecule has 0 saturated heterocycles. The van der Waals surface area contributed by atoms with Crippen molar-refractivity contribution < 1.29 is 4.79 Å². The summed E-state index contributed by atoms with van der Waals surface area (Å²) in [7, 11) is 0. The number of aromatic nitrogens is 2. The zero-order chi connectivity index (χ0) is 21.2. The molecule has 0 atom stereocenters. The molecule has 0 spiro atoms. The summed E-state index contributed by atoms with van der Waals surface area (Å²) >= 11 is 0. The second-order valence-corrected chi connectivity index (χ2v) is 8.17. The Kier molecular flexibility index (Phi) is 8.49. The van der Waals surface area contributed by atoms with Crippen LogP contribution in [0.2, 0.25) is 0 Å². The Labute approximate surface area is 180 Å². The minimum absolute atomic E-state index is 0.0200. The first-order valence-electron chi connectivity index (χ1n) is 11.5. The molecule has 4 nitrogen and oxygen atoms in total. The van der Waals surface area contributed by atoms with E-state index in [1.807, 2.05) is 37.3 Å². The Hall–Kier alpha value is -2.62. The number of amides is 1. The summed E-state index contributed by atoms with van der Waals surface area (Å²) in [6.45, 7) is 5.85. The van der Waals surface area contributed by atoms with Crippen molar-refractivity contribution in [3.05, 3.63) is 65.5 Å². The molecule has 2 aromatic carbocycles. The largest absolute Gasteiger partial charge is 0.352 e. The predicted molar refractivity (Wildman–Crippen MR) is 125 cm³/mol. The first-order valence-corrected chi connectivity index (χ1v) is 11.5. The molecule has 160 valence electrons. The third kappa shape index (κ3) is 6.19. The fourth-order valence-electron chi connectivity index (χ4n) is 3.97. The summed E-state index contributed by atoms with van der Waals surface area (Å²) in [5.41, 5.74) is 4.05. The Bertz CT molecular complexity index is 944. The van der Waals surface area contributed by atoms with E-state index in [9.17, 15) is 4.79 Å². The minimum Gasteiger partial charge on any atom is -0.352 e. The van der Waals surface area contributed by atoms with Crippen molar-refractivity contribution in [2.45, 2.75) is 71.8 Å². The maximum absolute atomic E-state index is 12.4. The maximum Gasteiger partial charge on any atom is 0.251 e. The van der Waals surface area contributed by atoms with Gasteiger partial charge in [-0.05, 0) is 37.6 Å². The topological polar surface area (TPSA) is 46.9 Å².